The van der Waals surface area contributed by atoms with Crippen LogP contribution in [-0.2, 0) is 4.74 Å². The second-order valence-electron chi connectivity index (χ2n) is 5.94. The highest BCUT2D eigenvalue weighted by atomic mass is 19.4. The Morgan fingerprint density at radius 3 is 2.65 bits per heavy atom. The predicted molar refractivity (Wildman–Crippen MR) is 73.8 cm³/mol. The molecule has 6 heteroatoms. The Labute approximate surface area is 119 Å². The molecule has 1 aliphatic rings. The summed E-state index contributed by atoms with van der Waals surface area (Å²) < 4.78 is 42.4. The summed E-state index contributed by atoms with van der Waals surface area (Å²) in [5.41, 5.74) is -0.0478. The Balaban J connectivity index is 2.46. The fourth-order valence-electron chi connectivity index (χ4n) is 2.73. The number of hydrogen-bond acceptors (Lipinski definition) is 3. The Morgan fingerprint density at radius 2 is 2.10 bits per heavy atom. The third-order valence-corrected chi connectivity index (χ3v) is 3.71. The van der Waals surface area contributed by atoms with Crippen molar-refractivity contribution in [3.05, 3.63) is 0 Å². The van der Waals surface area contributed by atoms with Crippen molar-refractivity contribution < 1.29 is 17.9 Å². The van der Waals surface area contributed by atoms with Crippen molar-refractivity contribution in [3.8, 4) is 0 Å². The first-order valence-electron chi connectivity index (χ1n) is 7.41. The minimum Gasteiger partial charge on any atom is -0.381 e. The highest BCUT2D eigenvalue weighted by Crippen LogP contribution is 2.29. The van der Waals surface area contributed by atoms with Crippen molar-refractivity contribution in [2.24, 2.45) is 5.41 Å². The number of halogens is 3. The minimum absolute atomic E-state index is 0.0478. The Bertz CT molecular complexity index is 266. The first kappa shape index (κ1) is 17.7. The van der Waals surface area contributed by atoms with E-state index in [1.165, 1.54) is 0 Å². The predicted octanol–water partition coefficient (Wildman–Crippen LogP) is 2.67. The molecule has 1 unspecified atom stereocenters. The average molecular weight is 296 g/mol. The molecular weight excluding hydrogens is 269 g/mol. The molecule has 0 spiro atoms. The van der Waals surface area contributed by atoms with Crippen LogP contribution in [0.1, 0.15) is 32.6 Å². The molecule has 1 atom stereocenters. The van der Waals surface area contributed by atoms with Gasteiger partial charge < -0.3 is 15.0 Å². The molecular formula is C14H27F3N2O. The number of ether oxygens (including phenoxy) is 1. The van der Waals surface area contributed by atoms with Crippen LogP contribution >= 0.6 is 0 Å². The van der Waals surface area contributed by atoms with Crippen LogP contribution in [-0.4, -0.2) is 57.5 Å². The summed E-state index contributed by atoms with van der Waals surface area (Å²) >= 11 is 0. The smallest absolute Gasteiger partial charge is 0.381 e. The first-order chi connectivity index (χ1) is 9.37. The lowest BCUT2D eigenvalue weighted by atomic mass is 9.81. The number of alkyl halides is 3. The van der Waals surface area contributed by atoms with Crippen LogP contribution in [0.25, 0.3) is 0 Å². The molecule has 0 aromatic carbocycles. The summed E-state index contributed by atoms with van der Waals surface area (Å²) in [6, 6.07) is 0. The maximum atomic E-state index is 12.3. The normalized spacial score (nSPS) is 24.3. The van der Waals surface area contributed by atoms with Gasteiger partial charge in [-0.25, -0.2) is 0 Å². The molecule has 1 saturated heterocycles. The quantitative estimate of drug-likeness (QED) is 0.697. The zero-order valence-electron chi connectivity index (χ0n) is 12.6. The monoisotopic (exact) mass is 296 g/mol. The second kappa shape index (κ2) is 8.20. The van der Waals surface area contributed by atoms with Crippen molar-refractivity contribution in [2.75, 3.05) is 46.4 Å². The molecule has 1 heterocycles. The van der Waals surface area contributed by atoms with Crippen molar-refractivity contribution in [2.45, 2.75) is 38.8 Å². The average Bonchev–Trinajstić information content (AvgIpc) is 2.37. The minimum atomic E-state index is -4.08. The topological polar surface area (TPSA) is 24.5 Å². The molecule has 120 valence electrons. The molecule has 0 aliphatic carbocycles. The molecule has 3 nitrogen and oxygen atoms in total. The van der Waals surface area contributed by atoms with Gasteiger partial charge in [0.1, 0.15) is 0 Å². The van der Waals surface area contributed by atoms with Gasteiger partial charge in [0.2, 0.25) is 0 Å². The number of hydrogen-bond donors (Lipinski definition) is 1. The van der Waals surface area contributed by atoms with Gasteiger partial charge in [0, 0.05) is 31.7 Å². The lowest BCUT2D eigenvalue weighted by molar-refractivity contribution is -0.138. The summed E-state index contributed by atoms with van der Waals surface area (Å²) in [6.45, 7) is 5.97. The van der Waals surface area contributed by atoms with Gasteiger partial charge in [-0.05, 0) is 32.9 Å². The fraction of sp³-hybridized carbons (Fsp3) is 1.00. The summed E-state index contributed by atoms with van der Waals surface area (Å²) in [7, 11) is 1.77. The van der Waals surface area contributed by atoms with Crippen LogP contribution in [0.5, 0.6) is 0 Å². The molecule has 0 bridgehead atoms. The van der Waals surface area contributed by atoms with Gasteiger partial charge >= 0.3 is 6.18 Å². The van der Waals surface area contributed by atoms with E-state index in [2.05, 4.69) is 12.2 Å². The van der Waals surface area contributed by atoms with Gasteiger partial charge in [0.05, 0.1) is 13.0 Å². The van der Waals surface area contributed by atoms with Gasteiger partial charge in [-0.2, -0.15) is 13.2 Å². The zero-order valence-corrected chi connectivity index (χ0v) is 12.6. The van der Waals surface area contributed by atoms with Gasteiger partial charge in [0.15, 0.2) is 0 Å². The SMILES string of the molecule is CCCNCC1(CN(C)CCC(F)(F)F)CCCOC1. The molecule has 1 aliphatic heterocycles. The van der Waals surface area contributed by atoms with E-state index in [4.69, 9.17) is 4.74 Å². The molecule has 0 saturated carbocycles. The van der Waals surface area contributed by atoms with Crippen LogP contribution < -0.4 is 5.32 Å². The number of rotatable bonds is 8. The molecule has 1 fully saturated rings. The zero-order chi connectivity index (χ0) is 15.1. The number of nitrogens with zero attached hydrogens (tertiary/aromatic N) is 1. The molecule has 1 N–H and O–H groups in total. The lowest BCUT2D eigenvalue weighted by Gasteiger charge is -2.40. The van der Waals surface area contributed by atoms with Gasteiger partial charge in [0.25, 0.3) is 0 Å². The van der Waals surface area contributed by atoms with Crippen LogP contribution in [0.4, 0.5) is 13.2 Å². The van der Waals surface area contributed by atoms with E-state index in [1.807, 2.05) is 0 Å². The van der Waals surface area contributed by atoms with Gasteiger partial charge in [-0.3, -0.25) is 0 Å². The molecule has 0 radical (unpaired) electrons. The van der Waals surface area contributed by atoms with E-state index in [9.17, 15) is 13.2 Å². The fourth-order valence-corrected chi connectivity index (χ4v) is 2.73. The molecule has 1 rings (SSSR count). The number of nitrogens with one attached hydrogen (secondary N) is 1. The standard InChI is InChI=1S/C14H27F3N2O/c1-3-7-18-10-13(5-4-9-20-12-13)11-19(2)8-6-14(15,16)17/h18H,3-12H2,1-2H3. The maximum absolute atomic E-state index is 12.3. The third-order valence-electron chi connectivity index (χ3n) is 3.71. The Morgan fingerprint density at radius 1 is 1.35 bits per heavy atom. The summed E-state index contributed by atoms with van der Waals surface area (Å²) in [4.78, 5) is 1.79. The molecule has 0 amide bonds. The Hall–Kier alpha value is -0.330. The maximum Gasteiger partial charge on any atom is 0.390 e. The first-order valence-corrected chi connectivity index (χ1v) is 7.41. The van der Waals surface area contributed by atoms with Crippen molar-refractivity contribution in [1.82, 2.24) is 10.2 Å². The highest BCUT2D eigenvalue weighted by Gasteiger charge is 2.35. The van der Waals surface area contributed by atoms with Crippen LogP contribution in [0.15, 0.2) is 0 Å². The van der Waals surface area contributed by atoms with Gasteiger partial charge in [-0.1, -0.05) is 6.92 Å². The Kier molecular flexibility index (Phi) is 7.26. The van der Waals surface area contributed by atoms with Crippen molar-refractivity contribution >= 4 is 0 Å². The van der Waals surface area contributed by atoms with E-state index in [1.54, 1.807) is 11.9 Å². The van der Waals surface area contributed by atoms with E-state index in [-0.39, 0.29) is 12.0 Å². The van der Waals surface area contributed by atoms with Crippen LogP contribution in [0.3, 0.4) is 0 Å². The van der Waals surface area contributed by atoms with Crippen molar-refractivity contribution in [3.63, 3.8) is 0 Å². The third kappa shape index (κ3) is 6.90. The van der Waals surface area contributed by atoms with Gasteiger partial charge in [-0.15, -0.1) is 0 Å². The van der Waals surface area contributed by atoms with E-state index in [0.29, 0.717) is 13.2 Å². The molecule has 0 aromatic heterocycles. The molecule has 0 aromatic rings. The molecule has 20 heavy (non-hydrogen) atoms. The summed E-state index contributed by atoms with van der Waals surface area (Å²) in [5.74, 6) is 0. The van der Waals surface area contributed by atoms with E-state index < -0.39 is 12.6 Å². The van der Waals surface area contributed by atoms with Crippen LogP contribution in [0, 0.1) is 5.41 Å². The largest absolute Gasteiger partial charge is 0.390 e. The van der Waals surface area contributed by atoms with E-state index >= 15 is 0 Å². The van der Waals surface area contributed by atoms with Crippen molar-refractivity contribution in [1.29, 1.82) is 0 Å². The lowest BCUT2D eigenvalue weighted by Crippen LogP contribution is -2.48. The van der Waals surface area contributed by atoms with Crippen LogP contribution in [0.2, 0.25) is 0 Å². The highest BCUT2D eigenvalue weighted by molar-refractivity contribution is 4.86. The van der Waals surface area contributed by atoms with E-state index in [0.717, 1.165) is 39.0 Å². The summed E-state index contributed by atoms with van der Waals surface area (Å²) in [5, 5.41) is 3.39. The summed E-state index contributed by atoms with van der Waals surface area (Å²) in [6.07, 6.45) is -1.77. The second-order valence-corrected chi connectivity index (χ2v) is 5.94.